The van der Waals surface area contributed by atoms with Crippen LogP contribution in [0.1, 0.15) is 12.5 Å². The van der Waals surface area contributed by atoms with Gasteiger partial charge >= 0.3 is 0 Å². The lowest BCUT2D eigenvalue weighted by Gasteiger charge is -2.10. The molecule has 0 aromatic heterocycles. The van der Waals surface area contributed by atoms with E-state index in [0.29, 0.717) is 11.4 Å². The number of rotatable bonds is 5. The number of hydrogen-bond donors (Lipinski definition) is 1. The second-order valence-corrected chi connectivity index (χ2v) is 4.68. The fourth-order valence-electron chi connectivity index (χ4n) is 1.98. The summed E-state index contributed by atoms with van der Waals surface area (Å²) in [6.07, 6.45) is 1.58. The van der Waals surface area contributed by atoms with E-state index in [4.69, 9.17) is 4.74 Å². The molecule has 4 heteroatoms. The maximum atomic E-state index is 12.4. The van der Waals surface area contributed by atoms with Gasteiger partial charge in [-0.2, -0.15) is 0 Å². The summed E-state index contributed by atoms with van der Waals surface area (Å²) < 4.78 is 5.19. The fraction of sp³-hybridized carbons (Fsp3) is 0.111. The van der Waals surface area contributed by atoms with Crippen molar-refractivity contribution in [3.63, 3.8) is 0 Å². The fourth-order valence-corrected chi connectivity index (χ4v) is 1.98. The third-order valence-electron chi connectivity index (χ3n) is 3.09. The molecule has 0 aliphatic carbocycles. The van der Waals surface area contributed by atoms with E-state index in [1.807, 2.05) is 30.3 Å². The van der Waals surface area contributed by atoms with Gasteiger partial charge < -0.3 is 10.1 Å². The SMILES string of the molecule is COc1ccccc1NC(=O)/C(=C/c1ccccc1)C(C)=O. The molecule has 0 bridgehead atoms. The van der Waals surface area contributed by atoms with E-state index in [-0.39, 0.29) is 11.4 Å². The predicted molar refractivity (Wildman–Crippen MR) is 86.7 cm³/mol. The summed E-state index contributed by atoms with van der Waals surface area (Å²) in [5.41, 5.74) is 1.41. The van der Waals surface area contributed by atoms with E-state index in [1.165, 1.54) is 14.0 Å². The van der Waals surface area contributed by atoms with Crippen molar-refractivity contribution >= 4 is 23.5 Å². The second-order valence-electron chi connectivity index (χ2n) is 4.68. The van der Waals surface area contributed by atoms with Gasteiger partial charge in [0.15, 0.2) is 5.78 Å². The first-order valence-corrected chi connectivity index (χ1v) is 6.84. The third-order valence-corrected chi connectivity index (χ3v) is 3.09. The molecule has 4 nitrogen and oxygen atoms in total. The summed E-state index contributed by atoms with van der Waals surface area (Å²) in [6, 6.07) is 16.3. The molecular formula is C18H17NO3. The van der Waals surface area contributed by atoms with Gasteiger partial charge in [0.05, 0.1) is 18.4 Å². The van der Waals surface area contributed by atoms with E-state index in [2.05, 4.69) is 5.32 Å². The highest BCUT2D eigenvalue weighted by atomic mass is 16.5. The van der Waals surface area contributed by atoms with Crippen LogP contribution < -0.4 is 10.1 Å². The summed E-state index contributed by atoms with van der Waals surface area (Å²) in [4.78, 5) is 24.1. The number of Topliss-reactive ketones (excluding diaryl/α,β-unsaturated/α-hetero) is 1. The van der Waals surface area contributed by atoms with Gasteiger partial charge in [-0.1, -0.05) is 42.5 Å². The zero-order valence-corrected chi connectivity index (χ0v) is 12.5. The first-order chi connectivity index (χ1) is 10.6. The Morgan fingerprint density at radius 3 is 2.27 bits per heavy atom. The van der Waals surface area contributed by atoms with Crippen LogP contribution in [-0.2, 0) is 9.59 Å². The average molecular weight is 295 g/mol. The summed E-state index contributed by atoms with van der Waals surface area (Å²) in [6.45, 7) is 1.37. The first kappa shape index (κ1) is 15.5. The summed E-state index contributed by atoms with van der Waals surface area (Å²) in [5, 5.41) is 2.71. The number of benzene rings is 2. The van der Waals surface area contributed by atoms with Crippen molar-refractivity contribution in [1.29, 1.82) is 0 Å². The normalized spacial score (nSPS) is 10.9. The van der Waals surface area contributed by atoms with Crippen LogP contribution >= 0.6 is 0 Å². The maximum Gasteiger partial charge on any atom is 0.259 e. The van der Waals surface area contributed by atoms with Crippen LogP contribution in [0.2, 0.25) is 0 Å². The Labute approximate surface area is 129 Å². The largest absolute Gasteiger partial charge is 0.495 e. The van der Waals surface area contributed by atoms with Crippen LogP contribution in [0.5, 0.6) is 5.75 Å². The molecule has 2 aromatic rings. The van der Waals surface area contributed by atoms with E-state index < -0.39 is 5.91 Å². The predicted octanol–water partition coefficient (Wildman–Crippen LogP) is 3.31. The topological polar surface area (TPSA) is 55.4 Å². The quantitative estimate of drug-likeness (QED) is 0.523. The van der Waals surface area contributed by atoms with E-state index >= 15 is 0 Å². The molecule has 0 atom stereocenters. The number of para-hydroxylation sites is 2. The number of ketones is 1. The van der Waals surface area contributed by atoms with E-state index in [0.717, 1.165) is 5.56 Å². The molecule has 22 heavy (non-hydrogen) atoms. The highest BCUT2D eigenvalue weighted by Crippen LogP contribution is 2.23. The molecule has 0 aliphatic rings. The highest BCUT2D eigenvalue weighted by Gasteiger charge is 2.16. The third kappa shape index (κ3) is 3.82. The molecular weight excluding hydrogens is 278 g/mol. The number of ether oxygens (including phenoxy) is 1. The molecule has 2 rings (SSSR count). The second kappa shape index (κ2) is 7.22. The van der Waals surface area contributed by atoms with Crippen molar-refractivity contribution in [2.75, 3.05) is 12.4 Å². The van der Waals surface area contributed by atoms with Crippen molar-refractivity contribution < 1.29 is 14.3 Å². The summed E-state index contributed by atoms with van der Waals surface area (Å²) in [5.74, 6) is -0.212. The molecule has 0 spiro atoms. The molecule has 0 aliphatic heterocycles. The van der Waals surface area contributed by atoms with Gasteiger partial charge in [0.2, 0.25) is 0 Å². The molecule has 1 N–H and O–H groups in total. The smallest absolute Gasteiger partial charge is 0.259 e. The minimum Gasteiger partial charge on any atom is -0.495 e. The lowest BCUT2D eigenvalue weighted by Crippen LogP contribution is -2.19. The number of hydrogen-bond acceptors (Lipinski definition) is 3. The Kier molecular flexibility index (Phi) is 5.09. The van der Waals surface area contributed by atoms with E-state index in [9.17, 15) is 9.59 Å². The van der Waals surface area contributed by atoms with Gasteiger partial charge in [-0.3, -0.25) is 9.59 Å². The standard InChI is InChI=1S/C18H17NO3/c1-13(20)15(12-14-8-4-3-5-9-14)18(21)19-16-10-6-7-11-17(16)22-2/h3-12H,1-2H3,(H,19,21)/b15-12+. The van der Waals surface area contributed by atoms with Gasteiger partial charge in [-0.15, -0.1) is 0 Å². The highest BCUT2D eigenvalue weighted by molar-refractivity contribution is 6.25. The van der Waals surface area contributed by atoms with Crippen LogP contribution in [0, 0.1) is 0 Å². The van der Waals surface area contributed by atoms with Crippen molar-refractivity contribution in [2.45, 2.75) is 6.92 Å². The Bertz CT molecular complexity index is 705. The van der Waals surface area contributed by atoms with Crippen LogP contribution in [-0.4, -0.2) is 18.8 Å². The lowest BCUT2D eigenvalue weighted by molar-refractivity contribution is -0.118. The van der Waals surface area contributed by atoms with Crippen LogP contribution in [0.15, 0.2) is 60.2 Å². The van der Waals surface area contributed by atoms with Gasteiger partial charge in [-0.25, -0.2) is 0 Å². The lowest BCUT2D eigenvalue weighted by atomic mass is 10.1. The number of nitrogens with one attached hydrogen (secondary N) is 1. The van der Waals surface area contributed by atoms with E-state index in [1.54, 1.807) is 30.3 Å². The minimum atomic E-state index is -0.458. The van der Waals surface area contributed by atoms with Gasteiger partial charge in [-0.05, 0) is 30.7 Å². The number of methoxy groups -OCH3 is 1. The average Bonchev–Trinajstić information content (AvgIpc) is 2.53. The maximum absolute atomic E-state index is 12.4. The van der Waals surface area contributed by atoms with Crippen LogP contribution in [0.25, 0.3) is 6.08 Å². The zero-order chi connectivity index (χ0) is 15.9. The number of anilines is 1. The molecule has 0 unspecified atom stereocenters. The Hall–Kier alpha value is -2.88. The monoisotopic (exact) mass is 295 g/mol. The zero-order valence-electron chi connectivity index (χ0n) is 12.5. The van der Waals surface area contributed by atoms with Crippen molar-refractivity contribution in [3.8, 4) is 5.75 Å². The first-order valence-electron chi connectivity index (χ1n) is 6.84. The minimum absolute atomic E-state index is 0.0945. The number of carbonyl (C=O) groups is 2. The number of amides is 1. The van der Waals surface area contributed by atoms with Crippen LogP contribution in [0.3, 0.4) is 0 Å². The van der Waals surface area contributed by atoms with Crippen LogP contribution in [0.4, 0.5) is 5.69 Å². The molecule has 0 saturated carbocycles. The van der Waals surface area contributed by atoms with Gasteiger partial charge in [0.25, 0.3) is 5.91 Å². The Morgan fingerprint density at radius 2 is 1.64 bits per heavy atom. The van der Waals surface area contributed by atoms with Gasteiger partial charge in [0.1, 0.15) is 5.75 Å². The summed E-state index contributed by atoms with van der Waals surface area (Å²) >= 11 is 0. The molecule has 0 fully saturated rings. The Balaban J connectivity index is 2.28. The molecule has 0 heterocycles. The van der Waals surface area contributed by atoms with Crippen molar-refractivity contribution in [1.82, 2.24) is 0 Å². The molecule has 1 amide bonds. The molecule has 0 saturated heterocycles. The van der Waals surface area contributed by atoms with Crippen molar-refractivity contribution in [2.24, 2.45) is 0 Å². The molecule has 0 radical (unpaired) electrons. The molecule has 2 aromatic carbocycles. The Morgan fingerprint density at radius 1 is 1.00 bits per heavy atom. The number of carbonyl (C=O) groups excluding carboxylic acids is 2. The van der Waals surface area contributed by atoms with Gasteiger partial charge in [0, 0.05) is 0 Å². The summed E-state index contributed by atoms with van der Waals surface area (Å²) in [7, 11) is 1.52. The van der Waals surface area contributed by atoms with Crippen molar-refractivity contribution in [3.05, 3.63) is 65.7 Å². The molecule has 112 valence electrons.